The van der Waals surface area contributed by atoms with Gasteiger partial charge >= 0.3 is 12.0 Å². The number of methoxy groups -OCH3 is 1. The standard InChI is InChI=1S/C10H18N2O4/c1-16-6-4-11-10(15)12-5-2-3-8(7-12)9(13)14/h8H,2-7H2,1H3,(H,11,15)(H,13,14). The molecule has 1 rings (SSSR count). The molecule has 6 heteroatoms. The number of aliphatic carboxylic acids is 1. The van der Waals surface area contributed by atoms with Crippen LogP contribution in [0.3, 0.4) is 0 Å². The van der Waals surface area contributed by atoms with E-state index in [0.29, 0.717) is 32.7 Å². The predicted octanol–water partition coefficient (Wildman–Crippen LogP) is 0.139. The third-order valence-corrected chi connectivity index (χ3v) is 2.64. The molecule has 92 valence electrons. The Morgan fingerprint density at radius 2 is 2.31 bits per heavy atom. The van der Waals surface area contributed by atoms with Crippen LogP contribution in [-0.2, 0) is 9.53 Å². The Bertz CT molecular complexity index is 257. The van der Waals surface area contributed by atoms with Crippen molar-refractivity contribution >= 4 is 12.0 Å². The van der Waals surface area contributed by atoms with E-state index in [1.165, 1.54) is 0 Å². The summed E-state index contributed by atoms with van der Waals surface area (Å²) in [5.41, 5.74) is 0. The van der Waals surface area contributed by atoms with Crippen LogP contribution in [0.2, 0.25) is 0 Å². The van der Waals surface area contributed by atoms with Gasteiger partial charge < -0.3 is 20.1 Å². The maximum Gasteiger partial charge on any atom is 0.317 e. The lowest BCUT2D eigenvalue weighted by molar-refractivity contribution is -0.143. The fraction of sp³-hybridized carbons (Fsp3) is 0.800. The number of carbonyl (C=O) groups is 2. The van der Waals surface area contributed by atoms with Crippen LogP contribution in [0.5, 0.6) is 0 Å². The molecule has 0 aromatic heterocycles. The minimum atomic E-state index is -0.825. The Morgan fingerprint density at radius 1 is 1.56 bits per heavy atom. The van der Waals surface area contributed by atoms with Gasteiger partial charge in [0.15, 0.2) is 0 Å². The molecule has 0 bridgehead atoms. The molecule has 0 aliphatic carbocycles. The van der Waals surface area contributed by atoms with E-state index in [0.717, 1.165) is 6.42 Å². The van der Waals surface area contributed by atoms with Crippen molar-refractivity contribution in [2.45, 2.75) is 12.8 Å². The summed E-state index contributed by atoms with van der Waals surface area (Å²) in [6.45, 7) is 1.84. The average Bonchev–Trinajstić information content (AvgIpc) is 2.29. The first-order valence-electron chi connectivity index (χ1n) is 5.39. The number of piperidine rings is 1. The zero-order valence-corrected chi connectivity index (χ0v) is 9.44. The summed E-state index contributed by atoms with van der Waals surface area (Å²) >= 11 is 0. The van der Waals surface area contributed by atoms with Crippen LogP contribution in [0.4, 0.5) is 4.79 Å². The Kier molecular flexibility index (Phi) is 5.04. The number of hydrogen-bond acceptors (Lipinski definition) is 3. The van der Waals surface area contributed by atoms with Crippen LogP contribution >= 0.6 is 0 Å². The van der Waals surface area contributed by atoms with Crippen LogP contribution in [0, 0.1) is 5.92 Å². The Hall–Kier alpha value is -1.30. The maximum atomic E-state index is 11.6. The minimum Gasteiger partial charge on any atom is -0.481 e. The van der Waals surface area contributed by atoms with E-state index in [1.54, 1.807) is 12.0 Å². The van der Waals surface area contributed by atoms with Crippen LogP contribution in [0.1, 0.15) is 12.8 Å². The van der Waals surface area contributed by atoms with E-state index in [9.17, 15) is 9.59 Å². The van der Waals surface area contributed by atoms with E-state index < -0.39 is 11.9 Å². The molecule has 0 radical (unpaired) electrons. The lowest BCUT2D eigenvalue weighted by atomic mass is 9.99. The molecule has 1 unspecified atom stereocenters. The van der Waals surface area contributed by atoms with Gasteiger partial charge in [0, 0.05) is 26.7 Å². The minimum absolute atomic E-state index is 0.206. The fourth-order valence-electron chi connectivity index (χ4n) is 1.74. The molecule has 0 saturated carbocycles. The normalized spacial score (nSPS) is 20.6. The van der Waals surface area contributed by atoms with Crippen LogP contribution in [-0.4, -0.2) is 55.4 Å². The highest BCUT2D eigenvalue weighted by atomic mass is 16.5. The summed E-state index contributed by atoms with van der Waals surface area (Å²) in [5, 5.41) is 11.6. The van der Waals surface area contributed by atoms with Crippen molar-refractivity contribution in [3.8, 4) is 0 Å². The number of likely N-dealkylation sites (tertiary alicyclic amines) is 1. The molecule has 2 N–H and O–H groups in total. The number of carboxylic acid groups (broad SMARTS) is 1. The molecule has 1 atom stereocenters. The number of ether oxygens (including phenoxy) is 1. The van der Waals surface area contributed by atoms with Gasteiger partial charge in [0.25, 0.3) is 0 Å². The number of hydrogen-bond donors (Lipinski definition) is 2. The Morgan fingerprint density at radius 3 is 2.94 bits per heavy atom. The molecular formula is C10H18N2O4. The second kappa shape index (κ2) is 6.32. The van der Waals surface area contributed by atoms with Gasteiger partial charge in [-0.2, -0.15) is 0 Å². The predicted molar refractivity (Wildman–Crippen MR) is 57.2 cm³/mol. The zero-order chi connectivity index (χ0) is 12.0. The number of nitrogens with zero attached hydrogens (tertiary/aromatic N) is 1. The van der Waals surface area contributed by atoms with Gasteiger partial charge in [0.05, 0.1) is 12.5 Å². The Labute approximate surface area is 94.6 Å². The van der Waals surface area contributed by atoms with Crippen molar-refractivity contribution in [3.63, 3.8) is 0 Å². The van der Waals surface area contributed by atoms with Gasteiger partial charge in [-0.15, -0.1) is 0 Å². The molecule has 0 aromatic carbocycles. The van der Waals surface area contributed by atoms with Gasteiger partial charge in [-0.1, -0.05) is 0 Å². The lowest BCUT2D eigenvalue weighted by Crippen LogP contribution is -2.47. The topological polar surface area (TPSA) is 78.9 Å². The van der Waals surface area contributed by atoms with Gasteiger partial charge in [0.2, 0.25) is 0 Å². The van der Waals surface area contributed by atoms with E-state index in [-0.39, 0.29) is 6.03 Å². The highest BCUT2D eigenvalue weighted by Crippen LogP contribution is 2.16. The second-order valence-electron chi connectivity index (χ2n) is 3.85. The van der Waals surface area contributed by atoms with E-state index >= 15 is 0 Å². The highest BCUT2D eigenvalue weighted by Gasteiger charge is 2.27. The van der Waals surface area contributed by atoms with Gasteiger partial charge in [-0.05, 0) is 12.8 Å². The van der Waals surface area contributed by atoms with Crippen molar-refractivity contribution in [2.75, 3.05) is 33.4 Å². The summed E-state index contributed by atoms with van der Waals surface area (Å²) in [7, 11) is 1.56. The smallest absolute Gasteiger partial charge is 0.317 e. The molecule has 1 heterocycles. The second-order valence-corrected chi connectivity index (χ2v) is 3.85. The number of urea groups is 1. The monoisotopic (exact) mass is 230 g/mol. The maximum absolute atomic E-state index is 11.6. The molecule has 16 heavy (non-hydrogen) atoms. The fourth-order valence-corrected chi connectivity index (χ4v) is 1.74. The highest BCUT2D eigenvalue weighted by molar-refractivity contribution is 5.76. The van der Waals surface area contributed by atoms with Crippen molar-refractivity contribution in [2.24, 2.45) is 5.92 Å². The molecule has 2 amide bonds. The van der Waals surface area contributed by atoms with Gasteiger partial charge in [-0.25, -0.2) is 4.79 Å². The molecule has 0 aromatic rings. The molecule has 0 spiro atoms. The van der Waals surface area contributed by atoms with E-state index in [1.807, 2.05) is 0 Å². The molecule has 1 fully saturated rings. The van der Waals surface area contributed by atoms with Gasteiger partial charge in [-0.3, -0.25) is 4.79 Å². The first-order valence-corrected chi connectivity index (χ1v) is 5.39. The number of carboxylic acids is 1. The van der Waals surface area contributed by atoms with E-state index in [2.05, 4.69) is 5.32 Å². The summed E-state index contributed by atoms with van der Waals surface area (Å²) in [4.78, 5) is 24.0. The summed E-state index contributed by atoms with van der Waals surface area (Å²) in [5.74, 6) is -1.25. The Balaban J connectivity index is 2.35. The molecule has 6 nitrogen and oxygen atoms in total. The molecular weight excluding hydrogens is 212 g/mol. The summed E-state index contributed by atoms with van der Waals surface area (Å²) in [6, 6.07) is -0.206. The molecule has 1 saturated heterocycles. The van der Waals surface area contributed by atoms with Crippen molar-refractivity contribution in [3.05, 3.63) is 0 Å². The first kappa shape index (κ1) is 12.8. The quantitative estimate of drug-likeness (QED) is 0.673. The largest absolute Gasteiger partial charge is 0.481 e. The third kappa shape index (κ3) is 3.69. The van der Waals surface area contributed by atoms with Crippen LogP contribution in [0.25, 0.3) is 0 Å². The van der Waals surface area contributed by atoms with Crippen molar-refractivity contribution in [1.29, 1.82) is 0 Å². The van der Waals surface area contributed by atoms with Crippen LogP contribution < -0.4 is 5.32 Å². The average molecular weight is 230 g/mol. The lowest BCUT2D eigenvalue weighted by Gasteiger charge is -2.30. The number of carbonyl (C=O) groups excluding carboxylic acids is 1. The summed E-state index contributed by atoms with van der Waals surface area (Å²) in [6.07, 6.45) is 1.39. The third-order valence-electron chi connectivity index (χ3n) is 2.64. The summed E-state index contributed by atoms with van der Waals surface area (Å²) < 4.78 is 4.81. The molecule has 1 aliphatic heterocycles. The van der Waals surface area contributed by atoms with Crippen molar-refractivity contribution in [1.82, 2.24) is 10.2 Å². The molecule has 1 aliphatic rings. The van der Waals surface area contributed by atoms with E-state index in [4.69, 9.17) is 9.84 Å². The van der Waals surface area contributed by atoms with Crippen molar-refractivity contribution < 1.29 is 19.4 Å². The SMILES string of the molecule is COCCNC(=O)N1CCCC(C(=O)O)C1. The van der Waals surface area contributed by atoms with Gasteiger partial charge in [0.1, 0.15) is 0 Å². The number of amides is 2. The number of nitrogens with one attached hydrogen (secondary N) is 1. The number of rotatable bonds is 4. The first-order chi connectivity index (χ1) is 7.65. The van der Waals surface area contributed by atoms with Crippen LogP contribution in [0.15, 0.2) is 0 Å². The zero-order valence-electron chi connectivity index (χ0n) is 9.44.